The molecule has 15 atom stereocenters. The molecule has 1 saturated carbocycles. The third-order valence-electron chi connectivity index (χ3n) is 17.6. The Bertz CT molecular complexity index is 1900. The number of fused-ring (bicyclic) bond motifs is 3. The average Bonchev–Trinajstić information content (AvgIpc) is 3.30. The summed E-state index contributed by atoms with van der Waals surface area (Å²) in [6.45, 7) is 32.9. The molecule has 4 rings (SSSR count). The maximum atomic E-state index is 16.7. The predicted molar refractivity (Wildman–Crippen MR) is 280 cm³/mol. The Balaban J connectivity index is 1.89. The second kappa shape index (κ2) is 24.7. The molecule has 4 aliphatic rings. The van der Waals surface area contributed by atoms with Crippen molar-refractivity contribution in [2.45, 2.75) is 244 Å². The number of cyclic esters (lactones) is 1. The van der Waals surface area contributed by atoms with Gasteiger partial charge in [0.2, 0.25) is 5.79 Å². The third kappa shape index (κ3) is 14.4. The van der Waals surface area contributed by atoms with Crippen LogP contribution in [-0.4, -0.2) is 139 Å². The summed E-state index contributed by atoms with van der Waals surface area (Å²) in [4.78, 5) is 60.2. The Labute approximate surface area is 429 Å². The van der Waals surface area contributed by atoms with Gasteiger partial charge in [0, 0.05) is 52.0 Å². The van der Waals surface area contributed by atoms with Crippen molar-refractivity contribution in [3.63, 3.8) is 0 Å². The van der Waals surface area contributed by atoms with Crippen LogP contribution < -0.4 is 0 Å². The smallest absolute Gasteiger partial charge is 0.329 e. The van der Waals surface area contributed by atoms with Crippen LogP contribution in [0.15, 0.2) is 23.3 Å². The minimum atomic E-state index is -2.61. The normalized spacial score (nSPS) is 37.4. The van der Waals surface area contributed by atoms with E-state index in [1.807, 2.05) is 20.8 Å². The Morgan fingerprint density at radius 2 is 1.39 bits per heavy atom. The molecule has 71 heavy (non-hydrogen) atoms. The molecule has 13 nitrogen and oxygen atoms in total. The summed E-state index contributed by atoms with van der Waals surface area (Å²) in [5, 5.41) is 12.0. The van der Waals surface area contributed by atoms with Crippen molar-refractivity contribution in [2.24, 2.45) is 29.6 Å². The van der Waals surface area contributed by atoms with Crippen LogP contribution in [0.1, 0.15) is 147 Å². The predicted octanol–water partition coefficient (Wildman–Crippen LogP) is 10.5. The molecule has 0 radical (unpaired) electrons. The fraction of sp³-hybridized carbons (Fsp3) is 0.855. The van der Waals surface area contributed by atoms with Gasteiger partial charge in [-0.25, -0.2) is 9.18 Å². The van der Waals surface area contributed by atoms with Crippen LogP contribution in [0.3, 0.4) is 0 Å². The van der Waals surface area contributed by atoms with Gasteiger partial charge in [0.15, 0.2) is 16.6 Å². The number of hydrogen-bond donors (Lipinski definition) is 1. The minimum absolute atomic E-state index is 0.00602. The molecule has 3 fully saturated rings. The van der Waals surface area contributed by atoms with E-state index >= 15 is 9.18 Å². The van der Waals surface area contributed by atoms with Gasteiger partial charge in [-0.3, -0.25) is 14.4 Å². The van der Waals surface area contributed by atoms with Crippen molar-refractivity contribution in [3.05, 3.63) is 23.3 Å². The highest BCUT2D eigenvalue weighted by atomic mass is 28.4. The van der Waals surface area contributed by atoms with Crippen LogP contribution in [-0.2, 0) is 51.7 Å². The average molecular weight is 1040 g/mol. The molecule has 3 heterocycles. The quantitative estimate of drug-likeness (QED) is 0.0958. The van der Waals surface area contributed by atoms with Gasteiger partial charge in [0.1, 0.15) is 30.2 Å². The third-order valence-corrected chi connectivity index (χ3v) is 26.6. The molecule has 1 amide bonds. The molecule has 2 bridgehead atoms. The number of nitrogens with zero attached hydrogens (tertiary/aromatic N) is 1. The van der Waals surface area contributed by atoms with Crippen molar-refractivity contribution < 1.29 is 61.2 Å². The van der Waals surface area contributed by atoms with Gasteiger partial charge in [0.25, 0.3) is 11.7 Å². The van der Waals surface area contributed by atoms with E-state index in [0.717, 1.165) is 18.4 Å². The van der Waals surface area contributed by atoms with Crippen molar-refractivity contribution in [3.8, 4) is 0 Å². The van der Waals surface area contributed by atoms with Crippen LogP contribution in [0.2, 0.25) is 36.3 Å². The number of esters is 1. The number of aliphatic hydroxyl groups is 1. The molecular formula is C55H96FNO12Si2. The first-order chi connectivity index (χ1) is 32.8. The van der Waals surface area contributed by atoms with Crippen LogP contribution in [0.4, 0.5) is 4.39 Å². The molecule has 0 spiro atoms. The summed E-state index contributed by atoms with van der Waals surface area (Å²) in [5.74, 6) is -8.32. The summed E-state index contributed by atoms with van der Waals surface area (Å²) in [5.41, 5.74) is 1.17. The van der Waals surface area contributed by atoms with E-state index in [4.69, 9.17) is 32.5 Å². The number of rotatable bonds is 10. The molecule has 15 unspecified atom stereocenters. The lowest BCUT2D eigenvalue weighted by Gasteiger charge is -2.47. The minimum Gasteiger partial charge on any atom is -0.456 e. The van der Waals surface area contributed by atoms with Gasteiger partial charge in [-0.15, -0.1) is 0 Å². The zero-order chi connectivity index (χ0) is 53.8. The van der Waals surface area contributed by atoms with E-state index in [-0.39, 0.29) is 66.2 Å². The van der Waals surface area contributed by atoms with Crippen molar-refractivity contribution in [1.29, 1.82) is 0 Å². The van der Waals surface area contributed by atoms with E-state index in [0.29, 0.717) is 31.3 Å². The van der Waals surface area contributed by atoms with Gasteiger partial charge in [-0.05, 0) is 131 Å². The second-order valence-corrected chi connectivity index (χ2v) is 34.3. The van der Waals surface area contributed by atoms with E-state index in [1.54, 1.807) is 34.0 Å². The Kier molecular flexibility index (Phi) is 21.3. The van der Waals surface area contributed by atoms with Crippen LogP contribution in [0, 0.1) is 29.6 Å². The van der Waals surface area contributed by atoms with Gasteiger partial charge >= 0.3 is 5.97 Å². The Morgan fingerprint density at radius 3 is 1.94 bits per heavy atom. The van der Waals surface area contributed by atoms with Gasteiger partial charge in [-0.1, -0.05) is 81.4 Å². The zero-order valence-electron chi connectivity index (χ0n) is 47.3. The van der Waals surface area contributed by atoms with Crippen LogP contribution in [0.5, 0.6) is 0 Å². The van der Waals surface area contributed by atoms with Gasteiger partial charge < -0.3 is 42.5 Å². The van der Waals surface area contributed by atoms with E-state index < -0.39 is 106 Å². The maximum Gasteiger partial charge on any atom is 0.329 e. The van der Waals surface area contributed by atoms with Gasteiger partial charge in [-0.2, -0.15) is 0 Å². The first kappa shape index (κ1) is 61.4. The number of piperidine rings is 1. The number of carbonyl (C=O) groups excluding carboxylic acids is 4. The molecular weight excluding hydrogens is 942 g/mol. The van der Waals surface area contributed by atoms with Crippen molar-refractivity contribution >= 4 is 40.1 Å². The molecule has 408 valence electrons. The number of alkyl halides is 1. The number of ketones is 2. The molecule has 2 saturated heterocycles. The van der Waals surface area contributed by atoms with Gasteiger partial charge in [0.05, 0.1) is 30.5 Å². The first-order valence-electron chi connectivity index (χ1n) is 26.7. The number of amides is 1. The fourth-order valence-corrected chi connectivity index (χ4v) is 13.4. The molecule has 0 aromatic rings. The standard InChI is InChI=1S/C55H96FNO12Si2/c1-20-39-28-33(2)47(56)34(3)29-45(64-14)49-46(65-15)30-36(5)55(62,67-49)50(59)51(60)57-26-22-21-23-40(57)52(61)66-48(37(6)43(32-41(39)58)69-71(18,19)54(10,11)12)35(4)27-38-24-25-42(44(31-38)63-13)68-70(16,17)53(7,8)9/h27-28,34,36-40,42-49,62H,20-26,29-32H2,1-19H3/b33-28+,35-27?. The zero-order valence-corrected chi connectivity index (χ0v) is 49.3. The topological polar surface area (TPSA) is 156 Å². The van der Waals surface area contributed by atoms with Crippen LogP contribution >= 0.6 is 0 Å². The van der Waals surface area contributed by atoms with E-state index in [2.05, 4.69) is 73.8 Å². The number of halogens is 1. The number of hydrogen-bond acceptors (Lipinski definition) is 12. The van der Waals surface area contributed by atoms with Crippen molar-refractivity contribution in [1.82, 2.24) is 4.90 Å². The number of ether oxygens (including phenoxy) is 5. The molecule has 16 heteroatoms. The highest BCUT2D eigenvalue weighted by Gasteiger charge is 2.57. The summed E-state index contributed by atoms with van der Waals surface area (Å²) in [7, 11) is -0.0426. The number of methoxy groups -OCH3 is 3. The lowest BCUT2D eigenvalue weighted by atomic mass is 9.81. The SMILES string of the molecule is CCC1/C=C(\C)C(F)C(C)CC(OC)C2OC(O)(C(=O)C(=O)N3CCCCC3C(=O)OC(C(C)=CC3CCC(O[Si](C)(C)C(C)(C)C)C(OC)C3)C(C)C(O[Si](C)(C)C(C)(C)C)CC1=O)C(C)CC2OC. The summed E-state index contributed by atoms with van der Waals surface area (Å²) < 4.78 is 61.7. The lowest BCUT2D eigenvalue weighted by Crippen LogP contribution is -2.64. The largest absolute Gasteiger partial charge is 0.456 e. The molecule has 0 aromatic heterocycles. The molecule has 1 aliphatic carbocycles. The van der Waals surface area contributed by atoms with E-state index in [9.17, 15) is 19.5 Å². The fourth-order valence-electron chi connectivity index (χ4n) is 10.7. The first-order valence-corrected chi connectivity index (χ1v) is 32.5. The van der Waals surface area contributed by atoms with E-state index in [1.165, 1.54) is 19.1 Å². The highest BCUT2D eigenvalue weighted by molar-refractivity contribution is 6.74. The summed E-state index contributed by atoms with van der Waals surface area (Å²) >= 11 is 0. The van der Waals surface area contributed by atoms with Crippen molar-refractivity contribution in [2.75, 3.05) is 27.9 Å². The number of allylic oxidation sites excluding steroid dienone is 3. The lowest BCUT2D eigenvalue weighted by molar-refractivity contribution is -0.302. The summed E-state index contributed by atoms with van der Waals surface area (Å²) in [6.07, 6.45) is 2.33. The second-order valence-electron chi connectivity index (χ2n) is 24.8. The van der Waals surface area contributed by atoms with Crippen LogP contribution in [0.25, 0.3) is 0 Å². The Hall–Kier alpha value is -2.16. The number of Topliss-reactive ketones (excluding diaryl/α,β-unsaturated/α-hetero) is 2. The monoisotopic (exact) mass is 1040 g/mol. The molecule has 3 aliphatic heterocycles. The summed E-state index contributed by atoms with van der Waals surface area (Å²) in [6, 6.07) is -1.14. The Morgan fingerprint density at radius 1 is 0.831 bits per heavy atom. The molecule has 1 N–H and O–H groups in total. The highest BCUT2D eigenvalue weighted by Crippen LogP contribution is 2.44. The number of carbonyl (C=O) groups is 4. The molecule has 0 aromatic carbocycles. The maximum absolute atomic E-state index is 16.7.